The molecule has 1 N–H and O–H groups in total. The van der Waals surface area contributed by atoms with Gasteiger partial charge in [-0.25, -0.2) is 4.98 Å². The number of ether oxygens (including phenoxy) is 2. The maximum Gasteiger partial charge on any atom is 0.262 e. The first-order valence-corrected chi connectivity index (χ1v) is 10.7. The van der Waals surface area contributed by atoms with Gasteiger partial charge in [-0.05, 0) is 61.4 Å². The van der Waals surface area contributed by atoms with Gasteiger partial charge in [-0.2, -0.15) is 0 Å². The molecule has 0 bridgehead atoms. The Kier molecular flexibility index (Phi) is 6.60. The first-order chi connectivity index (χ1) is 15.9. The van der Waals surface area contributed by atoms with Crippen molar-refractivity contribution in [3.63, 3.8) is 0 Å². The van der Waals surface area contributed by atoms with E-state index in [2.05, 4.69) is 10.3 Å². The zero-order chi connectivity index (χ0) is 23.4. The molecule has 0 saturated heterocycles. The van der Waals surface area contributed by atoms with Crippen molar-refractivity contribution < 1.29 is 14.3 Å². The molecule has 2 aromatic carbocycles. The number of pyridine rings is 1. The fraction of sp³-hybridized carbons (Fsp3) is 0.160. The van der Waals surface area contributed by atoms with E-state index < -0.39 is 0 Å². The second kappa shape index (κ2) is 9.75. The zero-order valence-electron chi connectivity index (χ0n) is 18.2. The normalized spacial score (nSPS) is 10.8. The van der Waals surface area contributed by atoms with Crippen LogP contribution in [0.1, 0.15) is 16.8 Å². The van der Waals surface area contributed by atoms with Gasteiger partial charge in [0, 0.05) is 24.0 Å². The van der Waals surface area contributed by atoms with E-state index in [-0.39, 0.29) is 24.7 Å². The number of nitrogens with zero attached hydrogens (tertiary/aromatic N) is 2. The van der Waals surface area contributed by atoms with E-state index in [9.17, 15) is 9.59 Å². The van der Waals surface area contributed by atoms with E-state index in [1.807, 2.05) is 32.0 Å². The molecule has 2 aromatic heterocycles. The highest BCUT2D eigenvalue weighted by atomic mass is 35.5. The standard InChI is InChI=1S/C25H22ClN3O4/c1-16-6-8-22(10-17(16)2)33-15-24(30)28-19-4-3-5-21(11-19)32-14-20-12-25(31)29-13-18(26)7-9-23(29)27-20/h3-13H,14-15H2,1-2H3,(H,28,30). The molecular weight excluding hydrogens is 442 g/mol. The Morgan fingerprint density at radius 2 is 1.82 bits per heavy atom. The minimum atomic E-state index is -0.284. The number of fused-ring (bicyclic) bond motifs is 1. The molecule has 0 radical (unpaired) electrons. The molecule has 168 valence electrons. The Morgan fingerprint density at radius 1 is 1.00 bits per heavy atom. The fourth-order valence-corrected chi connectivity index (χ4v) is 3.33. The number of hydrogen-bond donors (Lipinski definition) is 1. The Labute approximate surface area is 195 Å². The molecule has 8 heteroatoms. The summed E-state index contributed by atoms with van der Waals surface area (Å²) in [5.74, 6) is 0.889. The minimum absolute atomic E-state index is 0.0989. The van der Waals surface area contributed by atoms with Crippen molar-refractivity contribution in [3.05, 3.63) is 99.1 Å². The Balaban J connectivity index is 1.36. The number of aromatic nitrogens is 2. The summed E-state index contributed by atoms with van der Waals surface area (Å²) in [5.41, 5.74) is 3.56. The van der Waals surface area contributed by atoms with Crippen LogP contribution >= 0.6 is 11.6 Å². The molecule has 0 atom stereocenters. The van der Waals surface area contributed by atoms with Crippen LogP contribution in [0.3, 0.4) is 0 Å². The summed E-state index contributed by atoms with van der Waals surface area (Å²) in [6.07, 6.45) is 1.52. The molecule has 4 rings (SSSR count). The summed E-state index contributed by atoms with van der Waals surface area (Å²) < 4.78 is 12.7. The second-order valence-corrected chi connectivity index (χ2v) is 8.00. The summed E-state index contributed by atoms with van der Waals surface area (Å²) >= 11 is 5.94. The number of aryl methyl sites for hydroxylation is 2. The topological polar surface area (TPSA) is 81.9 Å². The summed E-state index contributed by atoms with van der Waals surface area (Å²) in [6, 6.07) is 17.4. The van der Waals surface area contributed by atoms with Gasteiger partial charge >= 0.3 is 0 Å². The van der Waals surface area contributed by atoms with Crippen molar-refractivity contribution in [2.75, 3.05) is 11.9 Å². The SMILES string of the molecule is Cc1ccc(OCC(=O)Nc2cccc(OCc3cc(=O)n4cc(Cl)ccc4n3)c2)cc1C. The molecule has 0 fully saturated rings. The van der Waals surface area contributed by atoms with Gasteiger partial charge in [0.1, 0.15) is 23.8 Å². The number of hydrogen-bond acceptors (Lipinski definition) is 5. The highest BCUT2D eigenvalue weighted by Gasteiger charge is 2.07. The van der Waals surface area contributed by atoms with Gasteiger partial charge in [0.15, 0.2) is 6.61 Å². The van der Waals surface area contributed by atoms with E-state index in [1.54, 1.807) is 36.4 Å². The number of benzene rings is 2. The lowest BCUT2D eigenvalue weighted by Crippen LogP contribution is -2.20. The third-order valence-corrected chi connectivity index (χ3v) is 5.25. The molecular formula is C25H22ClN3O4. The van der Waals surface area contributed by atoms with E-state index in [0.717, 1.165) is 11.1 Å². The Morgan fingerprint density at radius 3 is 2.64 bits per heavy atom. The van der Waals surface area contributed by atoms with E-state index in [1.165, 1.54) is 16.7 Å². The van der Waals surface area contributed by atoms with Crippen molar-refractivity contribution in [3.8, 4) is 11.5 Å². The third-order valence-electron chi connectivity index (χ3n) is 5.03. The molecule has 0 aliphatic heterocycles. The average molecular weight is 464 g/mol. The van der Waals surface area contributed by atoms with Crippen molar-refractivity contribution in [1.82, 2.24) is 9.38 Å². The number of carbonyl (C=O) groups is 1. The maximum absolute atomic E-state index is 12.3. The van der Waals surface area contributed by atoms with E-state index in [0.29, 0.717) is 33.6 Å². The first kappa shape index (κ1) is 22.4. The highest BCUT2D eigenvalue weighted by Crippen LogP contribution is 2.19. The van der Waals surface area contributed by atoms with Gasteiger partial charge in [-0.15, -0.1) is 0 Å². The summed E-state index contributed by atoms with van der Waals surface area (Å²) in [6.45, 7) is 4.00. The maximum atomic E-state index is 12.3. The first-order valence-electron chi connectivity index (χ1n) is 10.3. The monoisotopic (exact) mass is 463 g/mol. The van der Waals surface area contributed by atoms with Gasteiger partial charge in [-0.3, -0.25) is 14.0 Å². The van der Waals surface area contributed by atoms with Crippen LogP contribution in [0, 0.1) is 13.8 Å². The van der Waals surface area contributed by atoms with Gasteiger partial charge < -0.3 is 14.8 Å². The Bertz CT molecular complexity index is 1380. The van der Waals surface area contributed by atoms with Crippen LogP contribution in [0.25, 0.3) is 5.65 Å². The van der Waals surface area contributed by atoms with Crippen LogP contribution in [0.4, 0.5) is 5.69 Å². The smallest absolute Gasteiger partial charge is 0.262 e. The summed E-state index contributed by atoms with van der Waals surface area (Å²) in [5, 5.41) is 3.24. The predicted molar refractivity (Wildman–Crippen MR) is 127 cm³/mol. The van der Waals surface area contributed by atoms with E-state index >= 15 is 0 Å². The summed E-state index contributed by atoms with van der Waals surface area (Å²) in [7, 11) is 0. The van der Waals surface area contributed by atoms with Crippen molar-refractivity contribution in [1.29, 1.82) is 0 Å². The van der Waals surface area contributed by atoms with Gasteiger partial charge in [0.2, 0.25) is 0 Å². The number of amides is 1. The van der Waals surface area contributed by atoms with Crippen LogP contribution in [0.5, 0.6) is 11.5 Å². The number of halogens is 1. The van der Waals surface area contributed by atoms with Crippen molar-refractivity contribution in [2.45, 2.75) is 20.5 Å². The lowest BCUT2D eigenvalue weighted by Gasteiger charge is -2.11. The largest absolute Gasteiger partial charge is 0.487 e. The van der Waals surface area contributed by atoms with Crippen LogP contribution in [-0.2, 0) is 11.4 Å². The van der Waals surface area contributed by atoms with Crippen LogP contribution in [0.2, 0.25) is 5.02 Å². The lowest BCUT2D eigenvalue weighted by atomic mass is 10.1. The molecule has 0 spiro atoms. The molecule has 0 aliphatic rings. The quantitative estimate of drug-likeness (QED) is 0.434. The molecule has 2 heterocycles. The third kappa shape index (κ3) is 5.70. The minimum Gasteiger partial charge on any atom is -0.487 e. The fourth-order valence-electron chi connectivity index (χ4n) is 3.17. The molecule has 0 saturated carbocycles. The van der Waals surface area contributed by atoms with Gasteiger partial charge in [0.25, 0.3) is 11.5 Å². The van der Waals surface area contributed by atoms with Crippen LogP contribution in [-0.4, -0.2) is 21.9 Å². The molecule has 1 amide bonds. The molecule has 0 aliphatic carbocycles. The van der Waals surface area contributed by atoms with Crippen molar-refractivity contribution in [2.24, 2.45) is 0 Å². The molecule has 7 nitrogen and oxygen atoms in total. The van der Waals surface area contributed by atoms with Crippen molar-refractivity contribution >= 4 is 28.8 Å². The summed E-state index contributed by atoms with van der Waals surface area (Å²) in [4.78, 5) is 29.0. The van der Waals surface area contributed by atoms with Gasteiger partial charge in [0.05, 0.1) is 10.7 Å². The molecule has 33 heavy (non-hydrogen) atoms. The molecule has 4 aromatic rings. The Hall–Kier alpha value is -3.84. The molecule has 0 unspecified atom stereocenters. The zero-order valence-corrected chi connectivity index (χ0v) is 18.9. The van der Waals surface area contributed by atoms with Crippen LogP contribution in [0.15, 0.2) is 71.7 Å². The van der Waals surface area contributed by atoms with E-state index in [4.69, 9.17) is 21.1 Å². The number of anilines is 1. The highest BCUT2D eigenvalue weighted by molar-refractivity contribution is 6.30. The lowest BCUT2D eigenvalue weighted by molar-refractivity contribution is -0.118. The predicted octanol–water partition coefficient (Wildman–Crippen LogP) is 4.56. The van der Waals surface area contributed by atoms with Gasteiger partial charge in [-0.1, -0.05) is 23.7 Å². The van der Waals surface area contributed by atoms with Crippen LogP contribution < -0.4 is 20.3 Å². The number of carbonyl (C=O) groups excluding carboxylic acids is 1. The second-order valence-electron chi connectivity index (χ2n) is 7.56. The number of rotatable bonds is 7. The average Bonchev–Trinajstić information content (AvgIpc) is 2.79. The number of nitrogens with one attached hydrogen (secondary N) is 1.